The second kappa shape index (κ2) is 4.34. The van der Waals surface area contributed by atoms with Gasteiger partial charge in [0, 0.05) is 37.1 Å². The first-order valence-corrected chi connectivity index (χ1v) is 6.21. The number of carbonyl (C=O) groups is 1. The van der Waals surface area contributed by atoms with Crippen LogP contribution in [0, 0.1) is 0 Å². The summed E-state index contributed by atoms with van der Waals surface area (Å²) in [5.41, 5.74) is 0.169. The van der Waals surface area contributed by atoms with E-state index in [0.717, 1.165) is 19.5 Å². The third-order valence-electron chi connectivity index (χ3n) is 3.66. The fraction of sp³-hybridized carbons (Fsp3) is 0.917. The molecule has 2 N–H and O–H groups in total. The van der Waals surface area contributed by atoms with Crippen LogP contribution in [0.25, 0.3) is 0 Å². The van der Waals surface area contributed by atoms with Gasteiger partial charge in [-0.25, -0.2) is 0 Å². The number of carboxylic acids is 1. The molecule has 1 atom stereocenters. The van der Waals surface area contributed by atoms with Crippen molar-refractivity contribution in [3.05, 3.63) is 0 Å². The van der Waals surface area contributed by atoms with Gasteiger partial charge in [0.1, 0.15) is 0 Å². The van der Waals surface area contributed by atoms with Gasteiger partial charge in [0.15, 0.2) is 0 Å². The fourth-order valence-electron chi connectivity index (χ4n) is 2.90. The predicted molar refractivity (Wildman–Crippen MR) is 62.5 cm³/mol. The van der Waals surface area contributed by atoms with E-state index in [1.54, 1.807) is 0 Å². The van der Waals surface area contributed by atoms with Gasteiger partial charge < -0.3 is 10.4 Å². The summed E-state index contributed by atoms with van der Waals surface area (Å²) in [6, 6.07) is 1.10. The molecule has 1 aliphatic heterocycles. The van der Waals surface area contributed by atoms with Crippen molar-refractivity contribution in [2.45, 2.75) is 57.2 Å². The molecule has 1 saturated heterocycles. The van der Waals surface area contributed by atoms with Crippen LogP contribution in [0.4, 0.5) is 0 Å². The number of nitrogens with zero attached hydrogens (tertiary/aromatic N) is 1. The Hall–Kier alpha value is -0.610. The highest BCUT2D eigenvalue weighted by molar-refractivity contribution is 5.66. The normalized spacial score (nSPS) is 30.2. The van der Waals surface area contributed by atoms with Crippen molar-refractivity contribution in [2.75, 3.05) is 13.1 Å². The molecular formula is C12H22N2O2. The molecule has 0 bridgehead atoms. The van der Waals surface area contributed by atoms with Crippen LogP contribution in [0.2, 0.25) is 0 Å². The van der Waals surface area contributed by atoms with E-state index in [1.807, 2.05) is 0 Å². The Labute approximate surface area is 97.0 Å². The number of piperazine rings is 1. The molecular weight excluding hydrogens is 204 g/mol. The highest BCUT2D eigenvalue weighted by atomic mass is 16.4. The predicted octanol–water partition coefficient (Wildman–Crippen LogP) is 1.07. The second-order valence-electron chi connectivity index (χ2n) is 5.67. The summed E-state index contributed by atoms with van der Waals surface area (Å²) in [7, 11) is 0. The van der Waals surface area contributed by atoms with Gasteiger partial charge in [0.05, 0.1) is 0 Å². The van der Waals surface area contributed by atoms with Gasteiger partial charge >= 0.3 is 5.97 Å². The van der Waals surface area contributed by atoms with Crippen molar-refractivity contribution < 1.29 is 9.90 Å². The number of aliphatic carboxylic acids is 1. The number of hydrogen-bond acceptors (Lipinski definition) is 3. The molecule has 1 heterocycles. The summed E-state index contributed by atoms with van der Waals surface area (Å²) in [5, 5.41) is 12.2. The van der Waals surface area contributed by atoms with Crippen LogP contribution < -0.4 is 5.32 Å². The van der Waals surface area contributed by atoms with E-state index in [0.29, 0.717) is 12.1 Å². The van der Waals surface area contributed by atoms with E-state index in [9.17, 15) is 4.79 Å². The van der Waals surface area contributed by atoms with Gasteiger partial charge in [0.2, 0.25) is 0 Å². The largest absolute Gasteiger partial charge is 0.481 e. The SMILES string of the molecule is CC1(C)CNCC(CCC(=O)O)N1C1CC1. The van der Waals surface area contributed by atoms with E-state index in [2.05, 4.69) is 24.1 Å². The average Bonchev–Trinajstić information content (AvgIpc) is 2.96. The number of carboxylic acid groups (broad SMARTS) is 1. The Balaban J connectivity index is 2.00. The first kappa shape index (κ1) is 11.9. The molecule has 0 spiro atoms. The summed E-state index contributed by atoms with van der Waals surface area (Å²) in [6.45, 7) is 6.46. The molecule has 1 saturated carbocycles. The Bertz CT molecular complexity index is 274. The van der Waals surface area contributed by atoms with Crippen LogP contribution in [0.1, 0.15) is 39.5 Å². The molecule has 0 amide bonds. The summed E-state index contributed by atoms with van der Waals surface area (Å²) in [6.07, 6.45) is 3.62. The average molecular weight is 226 g/mol. The lowest BCUT2D eigenvalue weighted by Crippen LogP contribution is -2.63. The summed E-state index contributed by atoms with van der Waals surface area (Å²) in [4.78, 5) is 13.2. The monoisotopic (exact) mass is 226 g/mol. The molecule has 4 nitrogen and oxygen atoms in total. The maximum atomic E-state index is 10.7. The zero-order chi connectivity index (χ0) is 11.8. The van der Waals surface area contributed by atoms with E-state index >= 15 is 0 Å². The lowest BCUT2D eigenvalue weighted by atomic mass is 9.93. The van der Waals surface area contributed by atoms with Crippen molar-refractivity contribution in [2.24, 2.45) is 0 Å². The Morgan fingerprint density at radius 3 is 2.75 bits per heavy atom. The topological polar surface area (TPSA) is 52.6 Å². The molecule has 0 radical (unpaired) electrons. The smallest absolute Gasteiger partial charge is 0.303 e. The van der Waals surface area contributed by atoms with Gasteiger partial charge in [0.25, 0.3) is 0 Å². The number of rotatable bonds is 4. The van der Waals surface area contributed by atoms with Crippen LogP contribution in [0.5, 0.6) is 0 Å². The molecule has 2 rings (SSSR count). The molecule has 1 unspecified atom stereocenters. The maximum absolute atomic E-state index is 10.7. The van der Waals surface area contributed by atoms with Crippen LogP contribution in [-0.4, -0.2) is 46.7 Å². The zero-order valence-corrected chi connectivity index (χ0v) is 10.2. The second-order valence-corrected chi connectivity index (χ2v) is 5.67. The van der Waals surface area contributed by atoms with Gasteiger partial charge in [-0.2, -0.15) is 0 Å². The van der Waals surface area contributed by atoms with Gasteiger partial charge in [-0.3, -0.25) is 9.69 Å². The van der Waals surface area contributed by atoms with Crippen LogP contribution in [0.15, 0.2) is 0 Å². The van der Waals surface area contributed by atoms with Crippen molar-refractivity contribution in [3.63, 3.8) is 0 Å². The Kier molecular flexibility index (Phi) is 3.22. The summed E-state index contributed by atoms with van der Waals surface area (Å²) >= 11 is 0. The molecule has 92 valence electrons. The van der Waals surface area contributed by atoms with Crippen molar-refractivity contribution in [1.82, 2.24) is 10.2 Å². The highest BCUT2D eigenvalue weighted by Crippen LogP contribution is 2.36. The third-order valence-corrected chi connectivity index (χ3v) is 3.66. The van der Waals surface area contributed by atoms with Crippen molar-refractivity contribution >= 4 is 5.97 Å². The quantitative estimate of drug-likeness (QED) is 0.753. The molecule has 0 aromatic carbocycles. The zero-order valence-electron chi connectivity index (χ0n) is 10.2. The van der Waals surface area contributed by atoms with Crippen LogP contribution in [-0.2, 0) is 4.79 Å². The molecule has 16 heavy (non-hydrogen) atoms. The minimum absolute atomic E-state index is 0.169. The number of nitrogens with one attached hydrogen (secondary N) is 1. The lowest BCUT2D eigenvalue weighted by Gasteiger charge is -2.48. The van der Waals surface area contributed by atoms with Crippen LogP contribution >= 0.6 is 0 Å². The first-order chi connectivity index (χ1) is 7.50. The van der Waals surface area contributed by atoms with Gasteiger partial charge in [-0.05, 0) is 33.1 Å². The van der Waals surface area contributed by atoms with E-state index in [-0.39, 0.29) is 12.0 Å². The summed E-state index contributed by atoms with van der Waals surface area (Å²) < 4.78 is 0. The molecule has 2 fully saturated rings. The minimum Gasteiger partial charge on any atom is -0.481 e. The molecule has 0 aromatic rings. The Morgan fingerprint density at radius 1 is 1.50 bits per heavy atom. The lowest BCUT2D eigenvalue weighted by molar-refractivity contribution is -0.137. The molecule has 0 aromatic heterocycles. The fourth-order valence-corrected chi connectivity index (χ4v) is 2.90. The van der Waals surface area contributed by atoms with Gasteiger partial charge in [-0.15, -0.1) is 0 Å². The molecule has 2 aliphatic rings. The standard InChI is InChI=1S/C12H22N2O2/c1-12(2)8-13-7-10(5-6-11(15)16)14(12)9-3-4-9/h9-10,13H,3-8H2,1-2H3,(H,15,16). The van der Waals surface area contributed by atoms with E-state index < -0.39 is 5.97 Å². The maximum Gasteiger partial charge on any atom is 0.303 e. The van der Waals surface area contributed by atoms with E-state index in [1.165, 1.54) is 12.8 Å². The van der Waals surface area contributed by atoms with Crippen LogP contribution in [0.3, 0.4) is 0 Å². The highest BCUT2D eigenvalue weighted by Gasteiger charge is 2.44. The summed E-state index contributed by atoms with van der Waals surface area (Å²) in [5.74, 6) is -0.681. The third kappa shape index (κ3) is 2.55. The molecule has 4 heteroatoms. The number of hydrogen-bond donors (Lipinski definition) is 2. The first-order valence-electron chi connectivity index (χ1n) is 6.21. The molecule has 1 aliphatic carbocycles. The van der Waals surface area contributed by atoms with Crippen molar-refractivity contribution in [1.29, 1.82) is 0 Å². The van der Waals surface area contributed by atoms with E-state index in [4.69, 9.17) is 5.11 Å². The minimum atomic E-state index is -0.681. The van der Waals surface area contributed by atoms with Crippen molar-refractivity contribution in [3.8, 4) is 0 Å². The Morgan fingerprint density at radius 2 is 2.19 bits per heavy atom. The van der Waals surface area contributed by atoms with Gasteiger partial charge in [-0.1, -0.05) is 0 Å².